The Bertz CT molecular complexity index is 1130. The number of ether oxygens (including phenoxy) is 1. The Labute approximate surface area is 206 Å². The molecule has 1 saturated heterocycles. The third kappa shape index (κ3) is 5.61. The van der Waals surface area contributed by atoms with Gasteiger partial charge in [0.05, 0.1) is 30.6 Å². The lowest BCUT2D eigenvalue weighted by Gasteiger charge is -2.36. The number of thiazole rings is 1. The minimum absolute atomic E-state index is 0.0997. The monoisotopic (exact) mass is 524 g/mol. The summed E-state index contributed by atoms with van der Waals surface area (Å²) in [7, 11) is 0. The molecule has 0 radical (unpaired) electrons. The van der Waals surface area contributed by atoms with Crippen LogP contribution in [0, 0.1) is 11.3 Å². The van der Waals surface area contributed by atoms with E-state index in [2.05, 4.69) is 42.8 Å². The van der Waals surface area contributed by atoms with Gasteiger partial charge in [-0.2, -0.15) is 5.26 Å². The standard InChI is InChI=1S/C25H25BrN4O2S/c1-2-32-24-6-4-3-5-22(24)30-13-11-29(12-14-30)16-23(31)20(15-27)25-28-21(17-33-25)18-7-9-19(26)10-8-18/h3-10,17,20H,2,11-14,16H2,1H3. The maximum Gasteiger partial charge on any atom is 0.170 e. The highest BCUT2D eigenvalue weighted by Crippen LogP contribution is 2.30. The van der Waals surface area contributed by atoms with E-state index in [1.165, 1.54) is 11.3 Å². The molecule has 2 heterocycles. The fourth-order valence-corrected chi connectivity index (χ4v) is 5.05. The van der Waals surface area contributed by atoms with Crippen LogP contribution in [-0.2, 0) is 4.79 Å². The van der Waals surface area contributed by atoms with Crippen LogP contribution in [0.4, 0.5) is 5.69 Å². The predicted molar refractivity (Wildman–Crippen MR) is 135 cm³/mol. The van der Waals surface area contributed by atoms with E-state index < -0.39 is 5.92 Å². The van der Waals surface area contributed by atoms with Crippen LogP contribution < -0.4 is 9.64 Å². The van der Waals surface area contributed by atoms with E-state index in [0.29, 0.717) is 11.6 Å². The predicted octanol–water partition coefficient (Wildman–Crippen LogP) is 4.97. The van der Waals surface area contributed by atoms with Gasteiger partial charge in [0.25, 0.3) is 0 Å². The molecule has 0 bridgehead atoms. The van der Waals surface area contributed by atoms with Gasteiger partial charge in [0, 0.05) is 41.6 Å². The number of rotatable bonds is 8. The van der Waals surface area contributed by atoms with Gasteiger partial charge < -0.3 is 9.64 Å². The second-order valence-corrected chi connectivity index (χ2v) is 9.58. The molecule has 33 heavy (non-hydrogen) atoms. The van der Waals surface area contributed by atoms with Gasteiger partial charge in [-0.3, -0.25) is 9.69 Å². The third-order valence-electron chi connectivity index (χ3n) is 5.62. The summed E-state index contributed by atoms with van der Waals surface area (Å²) in [5.74, 6) is -0.0484. The number of carbonyl (C=O) groups is 1. The molecule has 0 N–H and O–H groups in total. The van der Waals surface area contributed by atoms with Gasteiger partial charge in [0.2, 0.25) is 0 Å². The molecule has 1 unspecified atom stereocenters. The molecular weight excluding hydrogens is 500 g/mol. The Morgan fingerprint density at radius 2 is 1.91 bits per heavy atom. The highest BCUT2D eigenvalue weighted by atomic mass is 79.9. The number of ketones is 1. The van der Waals surface area contributed by atoms with Crippen LogP contribution in [0.2, 0.25) is 0 Å². The number of hydrogen-bond donors (Lipinski definition) is 0. The van der Waals surface area contributed by atoms with E-state index in [0.717, 1.165) is 53.3 Å². The molecule has 170 valence electrons. The topological polar surface area (TPSA) is 69.5 Å². The van der Waals surface area contributed by atoms with Crippen LogP contribution in [0.15, 0.2) is 58.4 Å². The van der Waals surface area contributed by atoms with Crippen molar-refractivity contribution in [1.29, 1.82) is 5.26 Å². The molecule has 1 aliphatic rings. The summed E-state index contributed by atoms with van der Waals surface area (Å²) in [4.78, 5) is 22.0. The number of halogens is 1. The van der Waals surface area contributed by atoms with Gasteiger partial charge in [-0.15, -0.1) is 11.3 Å². The maximum absolute atomic E-state index is 13.0. The quantitative estimate of drug-likeness (QED) is 0.414. The minimum atomic E-state index is -0.837. The van der Waals surface area contributed by atoms with Gasteiger partial charge in [0.1, 0.15) is 10.8 Å². The number of benzene rings is 2. The Morgan fingerprint density at radius 1 is 1.18 bits per heavy atom. The van der Waals surface area contributed by atoms with Crippen molar-refractivity contribution in [3.05, 3.63) is 63.4 Å². The molecule has 0 aliphatic carbocycles. The van der Waals surface area contributed by atoms with Crippen molar-refractivity contribution >= 4 is 38.7 Å². The number of hydrogen-bond acceptors (Lipinski definition) is 7. The lowest BCUT2D eigenvalue weighted by atomic mass is 10.1. The highest BCUT2D eigenvalue weighted by Gasteiger charge is 2.27. The van der Waals surface area contributed by atoms with Crippen molar-refractivity contribution in [1.82, 2.24) is 9.88 Å². The second kappa shape index (κ2) is 10.9. The number of Topliss-reactive ketones (excluding diaryl/α,β-unsaturated/α-hetero) is 1. The Kier molecular flexibility index (Phi) is 7.76. The molecule has 1 fully saturated rings. The van der Waals surface area contributed by atoms with Crippen molar-refractivity contribution in [2.45, 2.75) is 12.8 Å². The zero-order valence-corrected chi connectivity index (χ0v) is 20.8. The first-order valence-corrected chi connectivity index (χ1v) is 12.6. The molecule has 1 aromatic heterocycles. The number of para-hydroxylation sites is 2. The normalized spacial score (nSPS) is 15.1. The molecule has 8 heteroatoms. The number of aromatic nitrogens is 1. The summed E-state index contributed by atoms with van der Waals surface area (Å²) in [6, 6.07) is 18.1. The number of nitriles is 1. The van der Waals surface area contributed by atoms with Crippen LogP contribution in [-0.4, -0.2) is 55.0 Å². The summed E-state index contributed by atoms with van der Waals surface area (Å²) < 4.78 is 6.76. The van der Waals surface area contributed by atoms with E-state index in [1.54, 1.807) is 0 Å². The van der Waals surface area contributed by atoms with Crippen molar-refractivity contribution in [3.8, 4) is 23.1 Å². The zero-order valence-electron chi connectivity index (χ0n) is 18.4. The average Bonchev–Trinajstić information content (AvgIpc) is 3.31. The summed E-state index contributed by atoms with van der Waals surface area (Å²) >= 11 is 4.80. The first-order valence-electron chi connectivity index (χ1n) is 10.9. The lowest BCUT2D eigenvalue weighted by molar-refractivity contribution is -0.120. The zero-order chi connectivity index (χ0) is 23.2. The molecule has 2 aromatic carbocycles. The summed E-state index contributed by atoms with van der Waals surface area (Å²) in [5, 5.41) is 12.2. The van der Waals surface area contributed by atoms with E-state index in [4.69, 9.17) is 4.74 Å². The molecule has 0 spiro atoms. The number of nitrogens with zero attached hydrogens (tertiary/aromatic N) is 4. The maximum atomic E-state index is 13.0. The van der Waals surface area contributed by atoms with Crippen LogP contribution in [0.5, 0.6) is 5.75 Å². The van der Waals surface area contributed by atoms with Crippen molar-refractivity contribution in [2.24, 2.45) is 0 Å². The smallest absolute Gasteiger partial charge is 0.170 e. The van der Waals surface area contributed by atoms with Gasteiger partial charge in [0.15, 0.2) is 11.7 Å². The molecule has 0 amide bonds. The Balaban J connectivity index is 1.37. The largest absolute Gasteiger partial charge is 0.492 e. The molecule has 1 atom stereocenters. The van der Waals surface area contributed by atoms with Gasteiger partial charge in [-0.05, 0) is 31.2 Å². The molecule has 0 saturated carbocycles. The van der Waals surface area contributed by atoms with Crippen LogP contribution >= 0.6 is 27.3 Å². The number of carbonyl (C=O) groups excluding carboxylic acids is 1. The minimum Gasteiger partial charge on any atom is -0.492 e. The molecule has 1 aliphatic heterocycles. The molecule has 3 aromatic rings. The average molecular weight is 525 g/mol. The number of piperazine rings is 1. The van der Waals surface area contributed by atoms with Crippen LogP contribution in [0.25, 0.3) is 11.3 Å². The Morgan fingerprint density at radius 3 is 2.61 bits per heavy atom. The van der Waals surface area contributed by atoms with Crippen molar-refractivity contribution in [2.75, 3.05) is 44.2 Å². The van der Waals surface area contributed by atoms with Gasteiger partial charge in [-0.1, -0.05) is 40.2 Å². The third-order valence-corrected chi connectivity index (χ3v) is 7.06. The van der Waals surface area contributed by atoms with Crippen LogP contribution in [0.1, 0.15) is 17.8 Å². The fourth-order valence-electron chi connectivity index (χ4n) is 3.89. The second-order valence-electron chi connectivity index (χ2n) is 7.77. The highest BCUT2D eigenvalue weighted by molar-refractivity contribution is 9.10. The summed E-state index contributed by atoms with van der Waals surface area (Å²) in [5.41, 5.74) is 2.84. The van der Waals surface area contributed by atoms with Crippen molar-refractivity contribution in [3.63, 3.8) is 0 Å². The van der Waals surface area contributed by atoms with Crippen molar-refractivity contribution < 1.29 is 9.53 Å². The lowest BCUT2D eigenvalue weighted by Crippen LogP contribution is -2.48. The van der Waals surface area contributed by atoms with E-state index in [-0.39, 0.29) is 12.3 Å². The first kappa shape index (κ1) is 23.4. The van der Waals surface area contributed by atoms with E-state index in [9.17, 15) is 10.1 Å². The van der Waals surface area contributed by atoms with Crippen LogP contribution in [0.3, 0.4) is 0 Å². The number of anilines is 1. The summed E-state index contributed by atoms with van der Waals surface area (Å²) in [6.45, 7) is 5.99. The van der Waals surface area contributed by atoms with Gasteiger partial charge in [-0.25, -0.2) is 4.98 Å². The molecule has 4 rings (SSSR count). The molecular formula is C25H25BrN4O2S. The first-order chi connectivity index (χ1) is 16.1. The van der Waals surface area contributed by atoms with E-state index in [1.807, 2.05) is 54.8 Å². The Hall–Kier alpha value is -2.73. The fraction of sp³-hybridized carbons (Fsp3) is 0.320. The molecule has 6 nitrogen and oxygen atoms in total. The van der Waals surface area contributed by atoms with Gasteiger partial charge >= 0.3 is 0 Å². The SMILES string of the molecule is CCOc1ccccc1N1CCN(CC(=O)C(C#N)c2nc(-c3ccc(Br)cc3)cs2)CC1. The summed E-state index contributed by atoms with van der Waals surface area (Å²) in [6.07, 6.45) is 0. The van der Waals surface area contributed by atoms with E-state index >= 15 is 0 Å².